The van der Waals surface area contributed by atoms with Crippen molar-refractivity contribution in [3.8, 4) is 0 Å². The largest absolute Gasteiger partial charge is 0.461 e. The van der Waals surface area contributed by atoms with E-state index in [0.29, 0.717) is 17.7 Å². The minimum absolute atomic E-state index is 0.0685. The molecule has 5 heteroatoms. The number of amides is 1. The molecule has 1 saturated heterocycles. The Morgan fingerprint density at radius 2 is 1.83 bits per heavy atom. The molecule has 1 aliphatic rings. The van der Waals surface area contributed by atoms with Crippen LogP contribution < -0.4 is 10.6 Å². The number of rotatable bonds is 4. The van der Waals surface area contributed by atoms with Gasteiger partial charge in [0.1, 0.15) is 12.1 Å². The van der Waals surface area contributed by atoms with E-state index in [2.05, 4.69) is 10.6 Å². The minimum Gasteiger partial charge on any atom is -0.461 e. The van der Waals surface area contributed by atoms with Crippen molar-refractivity contribution in [2.24, 2.45) is 0 Å². The van der Waals surface area contributed by atoms with Gasteiger partial charge in [-0.3, -0.25) is 4.79 Å². The van der Waals surface area contributed by atoms with Gasteiger partial charge in [-0.1, -0.05) is 24.3 Å². The first-order valence-electron chi connectivity index (χ1n) is 7.55. The number of cyclic esters (lactones) is 1. The predicted octanol–water partition coefficient (Wildman–Crippen LogP) is 3.05. The van der Waals surface area contributed by atoms with E-state index in [1.165, 1.54) is 0 Å². The van der Waals surface area contributed by atoms with Crippen molar-refractivity contribution < 1.29 is 14.3 Å². The number of benzene rings is 2. The number of hydrogen-bond donors (Lipinski definition) is 2. The lowest BCUT2D eigenvalue weighted by Gasteiger charge is -2.12. The van der Waals surface area contributed by atoms with Gasteiger partial charge in [0.05, 0.1) is 0 Å². The Morgan fingerprint density at radius 1 is 1.09 bits per heavy atom. The van der Waals surface area contributed by atoms with Crippen molar-refractivity contribution in [1.29, 1.82) is 0 Å². The Balaban J connectivity index is 1.68. The third-order valence-electron chi connectivity index (χ3n) is 3.67. The summed E-state index contributed by atoms with van der Waals surface area (Å²) in [5.74, 6) is -0.409. The molecule has 2 atom stereocenters. The van der Waals surface area contributed by atoms with Gasteiger partial charge in [-0.25, -0.2) is 4.79 Å². The van der Waals surface area contributed by atoms with E-state index in [0.717, 1.165) is 5.69 Å². The molecule has 118 valence electrons. The Kier molecular flexibility index (Phi) is 4.28. The van der Waals surface area contributed by atoms with Crippen LogP contribution in [0.25, 0.3) is 0 Å². The number of esters is 1. The highest BCUT2D eigenvalue weighted by molar-refractivity contribution is 6.04. The average Bonchev–Trinajstić information content (AvgIpc) is 2.86. The quantitative estimate of drug-likeness (QED) is 0.852. The van der Waals surface area contributed by atoms with Crippen molar-refractivity contribution in [3.63, 3.8) is 0 Å². The third-order valence-corrected chi connectivity index (χ3v) is 3.67. The maximum Gasteiger partial charge on any atom is 0.328 e. The van der Waals surface area contributed by atoms with Gasteiger partial charge in [0.15, 0.2) is 0 Å². The number of anilines is 2. The molecule has 0 aliphatic carbocycles. The first-order chi connectivity index (χ1) is 11.1. The maximum absolute atomic E-state index is 12.2. The summed E-state index contributed by atoms with van der Waals surface area (Å²) in [5, 5.41) is 6.00. The molecule has 1 amide bonds. The van der Waals surface area contributed by atoms with Gasteiger partial charge in [-0.2, -0.15) is 0 Å². The molecule has 0 bridgehead atoms. The lowest BCUT2D eigenvalue weighted by Crippen LogP contribution is -2.24. The van der Waals surface area contributed by atoms with E-state index in [1.54, 1.807) is 18.2 Å². The first kappa shape index (κ1) is 15.1. The highest BCUT2D eigenvalue weighted by Crippen LogP contribution is 2.21. The second-order valence-corrected chi connectivity index (χ2v) is 5.58. The number of ether oxygens (including phenoxy) is 1. The topological polar surface area (TPSA) is 67.4 Å². The van der Waals surface area contributed by atoms with E-state index in [-0.39, 0.29) is 24.0 Å². The molecule has 1 fully saturated rings. The molecule has 2 aromatic carbocycles. The molecule has 3 rings (SSSR count). The van der Waals surface area contributed by atoms with Gasteiger partial charge < -0.3 is 15.4 Å². The fourth-order valence-corrected chi connectivity index (χ4v) is 2.56. The SMILES string of the molecule is C[C@H]1C[C@@H](Nc2cccc(NC(=O)c3ccccc3)c2)C(=O)O1. The Labute approximate surface area is 134 Å². The standard InChI is InChI=1S/C18H18N2O3/c1-12-10-16(18(22)23-12)19-14-8-5-9-15(11-14)20-17(21)13-6-3-2-4-7-13/h2-9,11-12,16,19H,10H2,1H3,(H,20,21)/t12-,16+/m0/s1. The lowest BCUT2D eigenvalue weighted by atomic mass is 10.1. The summed E-state index contributed by atoms with van der Waals surface area (Å²) < 4.78 is 5.13. The van der Waals surface area contributed by atoms with Crippen LogP contribution in [0.5, 0.6) is 0 Å². The van der Waals surface area contributed by atoms with Crippen LogP contribution in [0.1, 0.15) is 23.7 Å². The highest BCUT2D eigenvalue weighted by Gasteiger charge is 2.31. The predicted molar refractivity (Wildman–Crippen MR) is 88.4 cm³/mol. The Hall–Kier alpha value is -2.82. The van der Waals surface area contributed by atoms with E-state index >= 15 is 0 Å². The van der Waals surface area contributed by atoms with Crippen LogP contribution in [0, 0.1) is 0 Å². The zero-order valence-electron chi connectivity index (χ0n) is 12.8. The normalized spacial score (nSPS) is 20.0. The van der Waals surface area contributed by atoms with E-state index in [1.807, 2.05) is 43.3 Å². The molecule has 0 spiro atoms. The zero-order valence-corrected chi connectivity index (χ0v) is 12.8. The van der Waals surface area contributed by atoms with Crippen molar-refractivity contribution in [1.82, 2.24) is 0 Å². The molecule has 0 radical (unpaired) electrons. The average molecular weight is 310 g/mol. The van der Waals surface area contributed by atoms with Gasteiger partial charge in [-0.05, 0) is 37.3 Å². The summed E-state index contributed by atoms with van der Waals surface area (Å²) in [5.41, 5.74) is 2.04. The molecule has 0 aromatic heterocycles. The van der Waals surface area contributed by atoms with E-state index in [4.69, 9.17) is 4.74 Å². The molecular formula is C18H18N2O3. The van der Waals surface area contributed by atoms with Crippen LogP contribution in [0.3, 0.4) is 0 Å². The smallest absolute Gasteiger partial charge is 0.328 e. The molecular weight excluding hydrogens is 292 g/mol. The number of carbonyl (C=O) groups is 2. The minimum atomic E-state index is -0.343. The fraction of sp³-hybridized carbons (Fsp3) is 0.222. The first-order valence-corrected chi connectivity index (χ1v) is 7.55. The molecule has 2 aromatic rings. The van der Waals surface area contributed by atoms with Crippen LogP contribution in [-0.2, 0) is 9.53 Å². The van der Waals surface area contributed by atoms with Gasteiger partial charge in [-0.15, -0.1) is 0 Å². The van der Waals surface area contributed by atoms with Gasteiger partial charge in [0, 0.05) is 23.4 Å². The summed E-state index contributed by atoms with van der Waals surface area (Å²) in [6.07, 6.45) is 0.570. The fourth-order valence-electron chi connectivity index (χ4n) is 2.56. The Bertz CT molecular complexity index is 715. The summed E-state index contributed by atoms with van der Waals surface area (Å²) in [4.78, 5) is 23.8. The highest BCUT2D eigenvalue weighted by atomic mass is 16.6. The zero-order chi connectivity index (χ0) is 16.2. The summed E-state index contributed by atoms with van der Waals surface area (Å²) in [7, 11) is 0. The number of nitrogens with one attached hydrogen (secondary N) is 2. The van der Waals surface area contributed by atoms with Crippen molar-refractivity contribution in [2.45, 2.75) is 25.5 Å². The monoisotopic (exact) mass is 310 g/mol. The number of hydrogen-bond acceptors (Lipinski definition) is 4. The molecule has 23 heavy (non-hydrogen) atoms. The van der Waals surface area contributed by atoms with E-state index in [9.17, 15) is 9.59 Å². The van der Waals surface area contributed by atoms with Gasteiger partial charge in [0.25, 0.3) is 5.91 Å². The van der Waals surface area contributed by atoms with Crippen LogP contribution in [0.4, 0.5) is 11.4 Å². The lowest BCUT2D eigenvalue weighted by molar-refractivity contribution is -0.141. The van der Waals surface area contributed by atoms with Crippen LogP contribution in [0.2, 0.25) is 0 Å². The molecule has 5 nitrogen and oxygen atoms in total. The third kappa shape index (κ3) is 3.69. The van der Waals surface area contributed by atoms with Crippen LogP contribution in [0.15, 0.2) is 54.6 Å². The van der Waals surface area contributed by atoms with Crippen molar-refractivity contribution in [3.05, 3.63) is 60.2 Å². The summed E-state index contributed by atoms with van der Waals surface area (Å²) >= 11 is 0. The molecule has 1 aliphatic heterocycles. The summed E-state index contributed by atoms with van der Waals surface area (Å²) in [6, 6.07) is 16.0. The Morgan fingerprint density at radius 3 is 2.52 bits per heavy atom. The summed E-state index contributed by atoms with van der Waals surface area (Å²) in [6.45, 7) is 1.87. The van der Waals surface area contributed by atoms with Gasteiger partial charge in [0.2, 0.25) is 0 Å². The maximum atomic E-state index is 12.2. The molecule has 0 saturated carbocycles. The van der Waals surface area contributed by atoms with Crippen molar-refractivity contribution in [2.75, 3.05) is 10.6 Å². The number of carbonyl (C=O) groups excluding carboxylic acids is 2. The van der Waals surface area contributed by atoms with Crippen LogP contribution >= 0.6 is 0 Å². The van der Waals surface area contributed by atoms with Gasteiger partial charge >= 0.3 is 5.97 Å². The molecule has 0 unspecified atom stereocenters. The second-order valence-electron chi connectivity index (χ2n) is 5.58. The second kappa shape index (κ2) is 6.52. The van der Waals surface area contributed by atoms with E-state index < -0.39 is 0 Å². The van der Waals surface area contributed by atoms with Crippen LogP contribution in [-0.4, -0.2) is 24.0 Å². The van der Waals surface area contributed by atoms with Crippen molar-refractivity contribution >= 4 is 23.3 Å². The molecule has 1 heterocycles. The molecule has 2 N–H and O–H groups in total.